The quantitative estimate of drug-likeness (QED) is 0.924. The smallest absolute Gasteiger partial charge is 0.257 e. The molecule has 1 fully saturated rings. The van der Waals surface area contributed by atoms with Crippen LogP contribution in [0.15, 0.2) is 41.1 Å². The Balaban J connectivity index is 1.83. The minimum atomic E-state index is 0.0178. The van der Waals surface area contributed by atoms with Crippen molar-refractivity contribution < 1.29 is 4.79 Å². The first-order chi connectivity index (χ1) is 10.2. The van der Waals surface area contributed by atoms with Gasteiger partial charge in [0.15, 0.2) is 0 Å². The summed E-state index contributed by atoms with van der Waals surface area (Å²) >= 11 is 3.44. The van der Waals surface area contributed by atoms with E-state index in [-0.39, 0.29) is 11.9 Å². The third-order valence-corrected chi connectivity index (χ3v) is 4.31. The number of likely N-dealkylation sites (tertiary alicyclic amines) is 1. The summed E-state index contributed by atoms with van der Waals surface area (Å²) in [6.07, 6.45) is 5.40. The van der Waals surface area contributed by atoms with Crippen LogP contribution >= 0.6 is 15.9 Å². The second-order valence-corrected chi connectivity index (χ2v) is 6.10. The number of halogens is 1. The van der Waals surface area contributed by atoms with E-state index in [1.165, 1.54) is 0 Å². The fourth-order valence-corrected chi connectivity index (χ4v) is 3.09. The van der Waals surface area contributed by atoms with E-state index in [9.17, 15) is 4.79 Å². The Kier molecular flexibility index (Phi) is 4.07. The number of benzene rings is 1. The van der Waals surface area contributed by atoms with E-state index in [1.807, 2.05) is 29.2 Å². The van der Waals surface area contributed by atoms with Crippen molar-refractivity contribution in [1.82, 2.24) is 14.7 Å². The summed E-state index contributed by atoms with van der Waals surface area (Å²) in [6, 6.07) is 7.96. The van der Waals surface area contributed by atoms with Crippen LogP contribution in [0.2, 0.25) is 0 Å². The van der Waals surface area contributed by atoms with E-state index < -0.39 is 0 Å². The van der Waals surface area contributed by atoms with Crippen LogP contribution in [0.25, 0.3) is 5.69 Å². The lowest BCUT2D eigenvalue weighted by atomic mass is 10.2. The highest BCUT2D eigenvalue weighted by molar-refractivity contribution is 9.10. The molecule has 1 amide bonds. The average molecular weight is 349 g/mol. The van der Waals surface area contributed by atoms with Crippen LogP contribution in [0.3, 0.4) is 0 Å². The molecule has 1 aliphatic rings. The standard InChI is InChI=1S/C15H17BrN4O/c16-12-3-1-4-13(7-12)20-10-11(9-18-20)15(21)19-6-2-5-14(19)8-17/h1,3-4,7,9-10,14H,2,5-6,8,17H2/t14-/m1/s1. The summed E-state index contributed by atoms with van der Waals surface area (Å²) in [6.45, 7) is 1.30. The van der Waals surface area contributed by atoms with E-state index in [0.717, 1.165) is 29.5 Å². The van der Waals surface area contributed by atoms with Gasteiger partial charge in [-0.2, -0.15) is 5.10 Å². The molecule has 2 N–H and O–H groups in total. The van der Waals surface area contributed by atoms with Crippen LogP contribution in [0.1, 0.15) is 23.2 Å². The number of rotatable bonds is 3. The van der Waals surface area contributed by atoms with Gasteiger partial charge in [0.2, 0.25) is 0 Å². The molecule has 1 aliphatic heterocycles. The third kappa shape index (κ3) is 2.87. The molecular formula is C15H17BrN4O. The molecule has 2 aromatic rings. The Labute approximate surface area is 131 Å². The predicted octanol–water partition coefficient (Wildman–Crippen LogP) is 2.20. The van der Waals surface area contributed by atoms with Gasteiger partial charge in [-0.25, -0.2) is 4.68 Å². The molecular weight excluding hydrogens is 332 g/mol. The summed E-state index contributed by atoms with van der Waals surface area (Å²) in [4.78, 5) is 14.4. The van der Waals surface area contributed by atoms with Crippen LogP contribution in [0.5, 0.6) is 0 Å². The lowest BCUT2D eigenvalue weighted by molar-refractivity contribution is 0.0741. The maximum absolute atomic E-state index is 12.5. The number of aromatic nitrogens is 2. The van der Waals surface area contributed by atoms with Crippen molar-refractivity contribution in [1.29, 1.82) is 0 Å². The van der Waals surface area contributed by atoms with Gasteiger partial charge >= 0.3 is 0 Å². The Hall–Kier alpha value is -1.66. The molecule has 5 nitrogen and oxygen atoms in total. The van der Waals surface area contributed by atoms with Gasteiger partial charge in [-0.05, 0) is 31.0 Å². The summed E-state index contributed by atoms with van der Waals surface area (Å²) in [5.41, 5.74) is 7.26. The average Bonchev–Trinajstić information content (AvgIpc) is 3.15. The van der Waals surface area contributed by atoms with Crippen molar-refractivity contribution in [3.05, 3.63) is 46.7 Å². The highest BCUT2D eigenvalue weighted by Crippen LogP contribution is 2.20. The molecule has 0 saturated carbocycles. The van der Waals surface area contributed by atoms with E-state index in [1.54, 1.807) is 17.1 Å². The number of carbonyl (C=O) groups excluding carboxylic acids is 1. The third-order valence-electron chi connectivity index (χ3n) is 3.81. The molecule has 0 bridgehead atoms. The lowest BCUT2D eigenvalue weighted by Gasteiger charge is -2.22. The molecule has 1 atom stereocenters. The first-order valence-electron chi connectivity index (χ1n) is 7.00. The van der Waals surface area contributed by atoms with Crippen molar-refractivity contribution in [3.8, 4) is 5.69 Å². The van der Waals surface area contributed by atoms with Gasteiger partial charge in [0.25, 0.3) is 5.91 Å². The number of hydrogen-bond donors (Lipinski definition) is 1. The van der Waals surface area contributed by atoms with E-state index in [4.69, 9.17) is 5.73 Å². The van der Waals surface area contributed by atoms with E-state index in [2.05, 4.69) is 21.0 Å². The van der Waals surface area contributed by atoms with Crippen molar-refractivity contribution in [2.45, 2.75) is 18.9 Å². The van der Waals surface area contributed by atoms with Gasteiger partial charge in [-0.15, -0.1) is 0 Å². The second-order valence-electron chi connectivity index (χ2n) is 5.18. The maximum Gasteiger partial charge on any atom is 0.257 e. The zero-order chi connectivity index (χ0) is 14.8. The Bertz CT molecular complexity index is 655. The van der Waals surface area contributed by atoms with Crippen LogP contribution in [0, 0.1) is 0 Å². The molecule has 21 heavy (non-hydrogen) atoms. The molecule has 0 spiro atoms. The largest absolute Gasteiger partial charge is 0.334 e. The SMILES string of the molecule is NC[C@H]1CCCN1C(=O)c1cnn(-c2cccc(Br)c2)c1. The van der Waals surface area contributed by atoms with Crippen molar-refractivity contribution in [3.63, 3.8) is 0 Å². The van der Waals surface area contributed by atoms with Gasteiger partial charge in [-0.1, -0.05) is 22.0 Å². The normalized spacial score (nSPS) is 18.2. The van der Waals surface area contributed by atoms with Gasteiger partial charge in [0, 0.05) is 29.8 Å². The number of amides is 1. The van der Waals surface area contributed by atoms with Crippen LogP contribution in [-0.4, -0.2) is 39.7 Å². The van der Waals surface area contributed by atoms with Gasteiger partial charge < -0.3 is 10.6 Å². The summed E-state index contributed by atoms with van der Waals surface area (Å²) < 4.78 is 2.69. The Morgan fingerprint density at radius 1 is 1.48 bits per heavy atom. The molecule has 0 radical (unpaired) electrons. The first kappa shape index (κ1) is 14.3. The highest BCUT2D eigenvalue weighted by Gasteiger charge is 2.28. The minimum absolute atomic E-state index is 0.0178. The molecule has 6 heteroatoms. The van der Waals surface area contributed by atoms with E-state index >= 15 is 0 Å². The predicted molar refractivity (Wildman–Crippen MR) is 84.4 cm³/mol. The van der Waals surface area contributed by atoms with Gasteiger partial charge in [-0.3, -0.25) is 4.79 Å². The zero-order valence-corrected chi connectivity index (χ0v) is 13.2. The van der Waals surface area contributed by atoms with E-state index in [0.29, 0.717) is 12.1 Å². The van der Waals surface area contributed by atoms with Crippen molar-refractivity contribution in [2.75, 3.05) is 13.1 Å². The minimum Gasteiger partial charge on any atom is -0.334 e. The fourth-order valence-electron chi connectivity index (χ4n) is 2.71. The number of hydrogen-bond acceptors (Lipinski definition) is 3. The zero-order valence-electron chi connectivity index (χ0n) is 11.6. The van der Waals surface area contributed by atoms with Gasteiger partial charge in [0.1, 0.15) is 0 Å². The van der Waals surface area contributed by atoms with Crippen molar-refractivity contribution >= 4 is 21.8 Å². The van der Waals surface area contributed by atoms with Crippen LogP contribution in [0.4, 0.5) is 0 Å². The van der Waals surface area contributed by atoms with Crippen molar-refractivity contribution in [2.24, 2.45) is 5.73 Å². The number of nitrogens with zero attached hydrogens (tertiary/aromatic N) is 3. The number of nitrogens with two attached hydrogens (primary N) is 1. The Morgan fingerprint density at radius 3 is 3.10 bits per heavy atom. The molecule has 0 aliphatic carbocycles. The summed E-state index contributed by atoms with van der Waals surface area (Å²) in [5.74, 6) is 0.0178. The molecule has 1 aromatic heterocycles. The maximum atomic E-state index is 12.5. The molecule has 1 saturated heterocycles. The number of carbonyl (C=O) groups is 1. The summed E-state index contributed by atoms with van der Waals surface area (Å²) in [7, 11) is 0. The van der Waals surface area contributed by atoms with Crippen LogP contribution in [-0.2, 0) is 0 Å². The Morgan fingerprint density at radius 2 is 2.33 bits per heavy atom. The molecule has 110 valence electrons. The van der Waals surface area contributed by atoms with Gasteiger partial charge in [0.05, 0.1) is 17.4 Å². The molecule has 3 rings (SSSR count). The molecule has 0 unspecified atom stereocenters. The van der Waals surface area contributed by atoms with Crippen LogP contribution < -0.4 is 5.73 Å². The highest BCUT2D eigenvalue weighted by atomic mass is 79.9. The second kappa shape index (κ2) is 5.99. The summed E-state index contributed by atoms with van der Waals surface area (Å²) in [5, 5.41) is 4.29. The first-order valence-corrected chi connectivity index (χ1v) is 7.80. The topological polar surface area (TPSA) is 64.2 Å². The lowest BCUT2D eigenvalue weighted by Crippen LogP contribution is -2.39. The monoisotopic (exact) mass is 348 g/mol. The molecule has 2 heterocycles. The fraction of sp³-hybridized carbons (Fsp3) is 0.333. The molecule has 1 aromatic carbocycles.